The quantitative estimate of drug-likeness (QED) is 0.562. The molecule has 3 unspecified atom stereocenters. The average Bonchev–Trinajstić information content (AvgIpc) is 2.43. The minimum Gasteiger partial charge on any atom is -0.393 e. The maximum absolute atomic E-state index is 10.2. The molecule has 0 aliphatic heterocycles. The summed E-state index contributed by atoms with van der Waals surface area (Å²) >= 11 is 0. The lowest BCUT2D eigenvalue weighted by molar-refractivity contribution is 0.0884. The maximum atomic E-state index is 10.2. The maximum Gasteiger partial charge on any atom is 0.0568 e. The molecule has 0 heterocycles. The molecule has 0 saturated heterocycles. The van der Waals surface area contributed by atoms with Gasteiger partial charge in [-0.05, 0) is 70.1 Å². The standard InChI is InChI=1S/C16H30O/c1-5-13(4)11-14-6-8-15(10-12(2)3)16(17)9-7-14/h5,12,14-17H,6-11H2,1-4H3. The van der Waals surface area contributed by atoms with E-state index in [2.05, 4.69) is 33.8 Å². The first-order valence-electron chi connectivity index (χ1n) is 7.32. The third kappa shape index (κ3) is 5.25. The number of rotatable bonds is 4. The summed E-state index contributed by atoms with van der Waals surface area (Å²) in [5.74, 6) is 2.06. The molecule has 0 aromatic heterocycles. The molecule has 1 nitrogen and oxygen atoms in total. The molecule has 1 aliphatic rings. The average molecular weight is 238 g/mol. The number of aliphatic hydroxyl groups excluding tert-OH is 1. The van der Waals surface area contributed by atoms with Gasteiger partial charge in [0, 0.05) is 0 Å². The summed E-state index contributed by atoms with van der Waals surface area (Å²) in [5, 5.41) is 10.2. The molecule has 0 aromatic rings. The molecular formula is C16H30O. The van der Waals surface area contributed by atoms with Gasteiger partial charge in [0.15, 0.2) is 0 Å². The molecule has 1 fully saturated rings. The first-order chi connectivity index (χ1) is 8.02. The van der Waals surface area contributed by atoms with E-state index in [-0.39, 0.29) is 6.10 Å². The van der Waals surface area contributed by atoms with Crippen LogP contribution in [-0.4, -0.2) is 11.2 Å². The van der Waals surface area contributed by atoms with E-state index >= 15 is 0 Å². The van der Waals surface area contributed by atoms with Crippen molar-refractivity contribution in [3.8, 4) is 0 Å². The molecular weight excluding hydrogens is 208 g/mol. The van der Waals surface area contributed by atoms with E-state index < -0.39 is 0 Å². The minimum absolute atomic E-state index is 0.0479. The van der Waals surface area contributed by atoms with E-state index in [0.29, 0.717) is 11.8 Å². The highest BCUT2D eigenvalue weighted by Gasteiger charge is 2.26. The van der Waals surface area contributed by atoms with Gasteiger partial charge in [-0.15, -0.1) is 0 Å². The fourth-order valence-electron chi connectivity index (χ4n) is 3.09. The van der Waals surface area contributed by atoms with Crippen LogP contribution >= 0.6 is 0 Å². The van der Waals surface area contributed by atoms with Crippen molar-refractivity contribution in [3.63, 3.8) is 0 Å². The molecule has 1 rings (SSSR count). The molecule has 0 bridgehead atoms. The van der Waals surface area contributed by atoms with Crippen molar-refractivity contribution < 1.29 is 5.11 Å². The van der Waals surface area contributed by atoms with Crippen LogP contribution in [0.3, 0.4) is 0 Å². The summed E-state index contributed by atoms with van der Waals surface area (Å²) in [6.45, 7) is 8.88. The van der Waals surface area contributed by atoms with Crippen LogP contribution in [0, 0.1) is 17.8 Å². The van der Waals surface area contributed by atoms with Gasteiger partial charge in [-0.1, -0.05) is 25.5 Å². The van der Waals surface area contributed by atoms with Crippen LogP contribution in [0.4, 0.5) is 0 Å². The van der Waals surface area contributed by atoms with Crippen molar-refractivity contribution in [2.45, 2.75) is 72.3 Å². The van der Waals surface area contributed by atoms with Crippen LogP contribution in [0.5, 0.6) is 0 Å². The van der Waals surface area contributed by atoms with E-state index in [1.807, 2.05) is 0 Å². The second kappa shape index (κ2) is 7.20. The Balaban J connectivity index is 2.47. The molecule has 0 aromatic carbocycles. The lowest BCUT2D eigenvalue weighted by atomic mass is 9.88. The topological polar surface area (TPSA) is 20.2 Å². The highest BCUT2D eigenvalue weighted by atomic mass is 16.3. The van der Waals surface area contributed by atoms with Gasteiger partial charge in [-0.25, -0.2) is 0 Å². The van der Waals surface area contributed by atoms with Crippen LogP contribution < -0.4 is 0 Å². The molecule has 1 heteroatoms. The number of aliphatic hydroxyl groups is 1. The number of allylic oxidation sites excluding steroid dienone is 2. The molecule has 1 N–H and O–H groups in total. The minimum atomic E-state index is -0.0479. The van der Waals surface area contributed by atoms with Crippen LogP contribution in [-0.2, 0) is 0 Å². The molecule has 1 saturated carbocycles. The Labute approximate surface area is 107 Å². The Bertz CT molecular complexity index is 242. The summed E-state index contributed by atoms with van der Waals surface area (Å²) in [6, 6.07) is 0. The van der Waals surface area contributed by atoms with Crippen molar-refractivity contribution in [1.82, 2.24) is 0 Å². The zero-order valence-corrected chi connectivity index (χ0v) is 12.1. The predicted octanol–water partition coefficient (Wildman–Crippen LogP) is 4.56. The Kier molecular flexibility index (Phi) is 6.26. The van der Waals surface area contributed by atoms with Crippen LogP contribution in [0.1, 0.15) is 66.2 Å². The number of hydrogen-bond donors (Lipinski definition) is 1. The van der Waals surface area contributed by atoms with E-state index in [4.69, 9.17) is 0 Å². The summed E-state index contributed by atoms with van der Waals surface area (Å²) in [5.41, 5.74) is 1.51. The molecule has 100 valence electrons. The third-order valence-electron chi connectivity index (χ3n) is 4.24. The fourth-order valence-corrected chi connectivity index (χ4v) is 3.09. The normalized spacial score (nSPS) is 31.6. The lowest BCUT2D eigenvalue weighted by Gasteiger charge is -2.21. The Morgan fingerprint density at radius 3 is 2.47 bits per heavy atom. The smallest absolute Gasteiger partial charge is 0.0568 e. The van der Waals surface area contributed by atoms with Crippen molar-refractivity contribution in [2.24, 2.45) is 17.8 Å². The first kappa shape index (κ1) is 14.8. The van der Waals surface area contributed by atoms with Gasteiger partial charge in [0.2, 0.25) is 0 Å². The second-order valence-corrected chi connectivity index (χ2v) is 6.32. The van der Waals surface area contributed by atoms with E-state index in [1.54, 1.807) is 0 Å². The summed E-state index contributed by atoms with van der Waals surface area (Å²) in [7, 11) is 0. The highest BCUT2D eigenvalue weighted by molar-refractivity contribution is 4.97. The summed E-state index contributed by atoms with van der Waals surface area (Å²) < 4.78 is 0. The van der Waals surface area contributed by atoms with E-state index in [9.17, 15) is 5.11 Å². The van der Waals surface area contributed by atoms with Gasteiger partial charge in [0.05, 0.1) is 6.10 Å². The van der Waals surface area contributed by atoms with E-state index in [1.165, 1.54) is 37.7 Å². The SMILES string of the molecule is CC=C(C)CC1CCC(O)C(CC(C)C)CC1. The van der Waals surface area contributed by atoms with Crippen molar-refractivity contribution >= 4 is 0 Å². The molecule has 0 radical (unpaired) electrons. The Morgan fingerprint density at radius 2 is 1.88 bits per heavy atom. The zero-order chi connectivity index (χ0) is 12.8. The largest absolute Gasteiger partial charge is 0.393 e. The molecule has 1 aliphatic carbocycles. The van der Waals surface area contributed by atoms with E-state index in [0.717, 1.165) is 12.3 Å². The lowest BCUT2D eigenvalue weighted by Crippen LogP contribution is -2.20. The fraction of sp³-hybridized carbons (Fsp3) is 0.875. The van der Waals surface area contributed by atoms with Gasteiger partial charge in [0.25, 0.3) is 0 Å². The zero-order valence-electron chi connectivity index (χ0n) is 12.1. The second-order valence-electron chi connectivity index (χ2n) is 6.32. The summed E-state index contributed by atoms with van der Waals surface area (Å²) in [4.78, 5) is 0. The third-order valence-corrected chi connectivity index (χ3v) is 4.24. The van der Waals surface area contributed by atoms with Crippen LogP contribution in [0.2, 0.25) is 0 Å². The van der Waals surface area contributed by atoms with Crippen molar-refractivity contribution in [1.29, 1.82) is 0 Å². The van der Waals surface area contributed by atoms with Crippen molar-refractivity contribution in [3.05, 3.63) is 11.6 Å². The molecule has 17 heavy (non-hydrogen) atoms. The van der Waals surface area contributed by atoms with Gasteiger partial charge in [-0.3, -0.25) is 0 Å². The van der Waals surface area contributed by atoms with Crippen molar-refractivity contribution in [2.75, 3.05) is 0 Å². The summed E-state index contributed by atoms with van der Waals surface area (Å²) in [6.07, 6.45) is 9.36. The highest BCUT2D eigenvalue weighted by Crippen LogP contribution is 2.34. The Hall–Kier alpha value is -0.300. The van der Waals surface area contributed by atoms with Gasteiger partial charge in [-0.2, -0.15) is 0 Å². The van der Waals surface area contributed by atoms with Crippen LogP contribution in [0.15, 0.2) is 11.6 Å². The van der Waals surface area contributed by atoms with Gasteiger partial charge < -0.3 is 5.11 Å². The number of hydrogen-bond acceptors (Lipinski definition) is 1. The van der Waals surface area contributed by atoms with Crippen LogP contribution in [0.25, 0.3) is 0 Å². The molecule has 3 atom stereocenters. The molecule has 0 amide bonds. The van der Waals surface area contributed by atoms with Gasteiger partial charge >= 0.3 is 0 Å². The monoisotopic (exact) mass is 238 g/mol. The predicted molar refractivity (Wildman–Crippen MR) is 75.0 cm³/mol. The molecule has 0 spiro atoms. The van der Waals surface area contributed by atoms with Gasteiger partial charge in [0.1, 0.15) is 0 Å². The Morgan fingerprint density at radius 1 is 1.24 bits per heavy atom. The first-order valence-corrected chi connectivity index (χ1v) is 7.32.